The lowest BCUT2D eigenvalue weighted by Crippen LogP contribution is -2.35. The number of carbonyl (C=O) groups is 2. The van der Waals surface area contributed by atoms with Gasteiger partial charge in [0.05, 0.1) is 0 Å². The Hall–Kier alpha value is -1.73. The summed E-state index contributed by atoms with van der Waals surface area (Å²) >= 11 is 0. The predicted octanol–water partition coefficient (Wildman–Crippen LogP) is 2.26. The summed E-state index contributed by atoms with van der Waals surface area (Å²) in [5.74, 6) is -2.91. The first-order chi connectivity index (χ1) is 12.8. The molecule has 1 aromatic rings. The molecule has 1 aromatic carbocycles. The quantitative estimate of drug-likeness (QED) is 0.294. The minimum absolute atomic E-state index is 0.106. The molecule has 1 unspecified atom stereocenters. The zero-order valence-corrected chi connectivity index (χ0v) is 16.4. The molecule has 8 nitrogen and oxygen atoms in total. The Bertz CT molecular complexity index is 640. The van der Waals surface area contributed by atoms with E-state index >= 15 is 0 Å². The Morgan fingerprint density at radius 1 is 1.22 bits per heavy atom. The molecule has 0 heterocycles. The normalized spacial score (nSPS) is 15.5. The van der Waals surface area contributed by atoms with Gasteiger partial charge in [0.25, 0.3) is 0 Å². The molecule has 1 amide bonds. The number of unbranched alkanes of at least 4 members (excludes halogenated alkanes) is 2. The third kappa shape index (κ3) is 9.15. The average molecular weight is 400 g/mol. The van der Waals surface area contributed by atoms with Crippen molar-refractivity contribution in [1.82, 2.24) is 5.32 Å². The molecule has 27 heavy (non-hydrogen) atoms. The molecule has 5 N–H and O–H groups in total. The van der Waals surface area contributed by atoms with E-state index in [0.717, 1.165) is 12.0 Å². The van der Waals surface area contributed by atoms with Crippen LogP contribution in [0.5, 0.6) is 0 Å². The third-order valence-corrected chi connectivity index (χ3v) is 5.73. The fourth-order valence-electron chi connectivity index (χ4n) is 2.43. The van der Waals surface area contributed by atoms with Crippen molar-refractivity contribution in [3.05, 3.63) is 35.9 Å². The van der Waals surface area contributed by atoms with Crippen LogP contribution in [0.15, 0.2) is 30.3 Å². The number of rotatable bonds is 13. The second kappa shape index (κ2) is 11.9. The van der Waals surface area contributed by atoms with Gasteiger partial charge in [-0.25, -0.2) is 4.79 Å². The first-order valence-electron chi connectivity index (χ1n) is 9.03. The summed E-state index contributed by atoms with van der Waals surface area (Å²) in [4.78, 5) is 33.4. The molecule has 0 spiro atoms. The lowest BCUT2D eigenvalue weighted by molar-refractivity contribution is -0.145. The largest absolute Gasteiger partial charge is 0.479 e. The number of benzene rings is 1. The number of nitrogens with one attached hydrogen (secondary N) is 1. The molecule has 0 fully saturated rings. The highest BCUT2D eigenvalue weighted by molar-refractivity contribution is 7.53. The Morgan fingerprint density at radius 3 is 2.48 bits per heavy atom. The Balaban J connectivity index is 2.51. The molecule has 0 aliphatic carbocycles. The zero-order chi connectivity index (χ0) is 20.3. The highest BCUT2D eigenvalue weighted by Crippen LogP contribution is 2.48. The summed E-state index contributed by atoms with van der Waals surface area (Å²) in [6, 6.07) is 9.38. The summed E-state index contributed by atoms with van der Waals surface area (Å²) in [5.41, 5.74) is 6.36. The van der Waals surface area contributed by atoms with Crippen LogP contribution in [0.4, 0.5) is 0 Å². The highest BCUT2D eigenvalue weighted by Gasteiger charge is 2.35. The van der Waals surface area contributed by atoms with Crippen LogP contribution < -0.4 is 11.1 Å². The summed E-state index contributed by atoms with van der Waals surface area (Å²) in [6.45, 7) is 1.83. The van der Waals surface area contributed by atoms with Gasteiger partial charge < -0.3 is 21.1 Å². The molecule has 0 radical (unpaired) electrons. The van der Waals surface area contributed by atoms with Gasteiger partial charge in [0.15, 0.2) is 6.10 Å². The summed E-state index contributed by atoms with van der Waals surface area (Å²) in [6.07, 6.45) is 1.33. The van der Waals surface area contributed by atoms with Crippen LogP contribution in [0.1, 0.15) is 44.6 Å². The van der Waals surface area contributed by atoms with Crippen LogP contribution in [-0.2, 0) is 25.1 Å². The number of carboxylic acid groups (broad SMARTS) is 1. The topological polar surface area (TPSA) is 139 Å². The average Bonchev–Trinajstić information content (AvgIpc) is 2.63. The third-order valence-electron chi connectivity index (χ3n) is 4.07. The molecule has 9 heteroatoms. The van der Waals surface area contributed by atoms with Gasteiger partial charge in [-0.3, -0.25) is 13.9 Å². The molecule has 0 saturated heterocycles. The van der Waals surface area contributed by atoms with E-state index in [2.05, 4.69) is 5.32 Å². The summed E-state index contributed by atoms with van der Waals surface area (Å²) in [7, 11) is -4.34. The smallest absolute Gasteiger partial charge is 0.350 e. The number of carbonyl (C=O) groups excluding carboxylic acids is 1. The molecular weight excluding hydrogens is 371 g/mol. The SMILES string of the molecule is C[C@H](NC(=O)CCc1ccccc1)P(=O)(O)O[C@@H](CCCCCN)C(=O)O. The van der Waals surface area contributed by atoms with E-state index in [1.54, 1.807) is 0 Å². The van der Waals surface area contributed by atoms with Gasteiger partial charge in [-0.1, -0.05) is 43.2 Å². The van der Waals surface area contributed by atoms with Crippen molar-refractivity contribution in [2.45, 2.75) is 57.3 Å². The Kier molecular flexibility index (Phi) is 10.3. The van der Waals surface area contributed by atoms with Gasteiger partial charge in [0, 0.05) is 6.42 Å². The fraction of sp³-hybridized carbons (Fsp3) is 0.556. The van der Waals surface area contributed by atoms with Crippen LogP contribution in [0, 0.1) is 0 Å². The van der Waals surface area contributed by atoms with Crippen LogP contribution in [0.2, 0.25) is 0 Å². The van der Waals surface area contributed by atoms with E-state index in [1.165, 1.54) is 6.92 Å². The molecule has 3 atom stereocenters. The number of carboxylic acids is 1. The van der Waals surface area contributed by atoms with Crippen molar-refractivity contribution in [1.29, 1.82) is 0 Å². The summed E-state index contributed by atoms with van der Waals surface area (Å²) < 4.78 is 17.3. The molecule has 0 saturated carbocycles. The maximum absolute atomic E-state index is 12.4. The second-order valence-corrected chi connectivity index (χ2v) is 8.48. The standard InChI is InChI=1S/C18H29N2O6P/c1-14(20-17(21)12-11-15-8-4-2-5-9-15)27(24,25)26-16(18(22)23)10-6-3-7-13-19/h2,4-5,8-9,14,16H,3,6-7,10-13,19H2,1H3,(H,20,21)(H,22,23)(H,24,25)/t14-,16+/m1/s1. The van der Waals surface area contributed by atoms with E-state index in [-0.39, 0.29) is 12.8 Å². The number of hydrogen-bond acceptors (Lipinski definition) is 5. The molecule has 152 valence electrons. The minimum Gasteiger partial charge on any atom is -0.479 e. The predicted molar refractivity (Wildman–Crippen MR) is 102 cm³/mol. The minimum atomic E-state index is -4.34. The fourth-order valence-corrected chi connectivity index (χ4v) is 3.48. The number of nitrogens with two attached hydrogens (primary N) is 1. The number of aryl methyl sites for hydroxylation is 1. The number of hydrogen-bond donors (Lipinski definition) is 4. The van der Waals surface area contributed by atoms with E-state index in [0.29, 0.717) is 25.8 Å². The second-order valence-electron chi connectivity index (χ2n) is 6.36. The monoisotopic (exact) mass is 400 g/mol. The molecule has 0 bridgehead atoms. The van der Waals surface area contributed by atoms with Crippen molar-refractivity contribution in [2.24, 2.45) is 5.73 Å². The van der Waals surface area contributed by atoms with Crippen molar-refractivity contribution < 1.29 is 28.7 Å². The van der Waals surface area contributed by atoms with E-state index in [9.17, 15) is 24.2 Å². The van der Waals surface area contributed by atoms with Crippen molar-refractivity contribution >= 4 is 19.5 Å². The maximum atomic E-state index is 12.4. The van der Waals surface area contributed by atoms with Crippen molar-refractivity contribution in [3.63, 3.8) is 0 Å². The first kappa shape index (κ1) is 23.3. The van der Waals surface area contributed by atoms with Crippen LogP contribution in [0.25, 0.3) is 0 Å². The van der Waals surface area contributed by atoms with Crippen LogP contribution in [0.3, 0.4) is 0 Å². The van der Waals surface area contributed by atoms with E-state index in [1.807, 2.05) is 30.3 Å². The van der Waals surface area contributed by atoms with Gasteiger partial charge in [0.1, 0.15) is 5.78 Å². The van der Waals surface area contributed by atoms with Crippen molar-refractivity contribution in [3.8, 4) is 0 Å². The maximum Gasteiger partial charge on any atom is 0.350 e. The molecule has 0 aromatic heterocycles. The molecule has 0 aliphatic heterocycles. The Morgan fingerprint density at radius 2 is 1.89 bits per heavy atom. The van der Waals surface area contributed by atoms with E-state index in [4.69, 9.17) is 10.3 Å². The van der Waals surface area contributed by atoms with Gasteiger partial charge in [-0.2, -0.15) is 0 Å². The lowest BCUT2D eigenvalue weighted by Gasteiger charge is -2.23. The molecule has 0 aliphatic rings. The van der Waals surface area contributed by atoms with Crippen LogP contribution >= 0.6 is 7.60 Å². The van der Waals surface area contributed by atoms with Gasteiger partial charge in [-0.05, 0) is 38.3 Å². The first-order valence-corrected chi connectivity index (χ1v) is 10.7. The zero-order valence-electron chi connectivity index (χ0n) is 15.5. The van der Waals surface area contributed by atoms with Gasteiger partial charge in [-0.15, -0.1) is 0 Å². The number of amides is 1. The van der Waals surface area contributed by atoms with Gasteiger partial charge in [0.2, 0.25) is 5.91 Å². The number of aliphatic carboxylic acids is 1. The Labute approximate surface area is 159 Å². The molecular formula is C18H29N2O6P. The van der Waals surface area contributed by atoms with Crippen molar-refractivity contribution in [2.75, 3.05) is 6.54 Å². The summed E-state index contributed by atoms with van der Waals surface area (Å²) in [5, 5.41) is 11.6. The van der Waals surface area contributed by atoms with E-state index < -0.39 is 31.4 Å². The van der Waals surface area contributed by atoms with Gasteiger partial charge >= 0.3 is 13.6 Å². The lowest BCUT2D eigenvalue weighted by atomic mass is 10.1. The highest BCUT2D eigenvalue weighted by atomic mass is 31.2. The molecule has 1 rings (SSSR count). The van der Waals surface area contributed by atoms with Crippen LogP contribution in [-0.4, -0.2) is 40.3 Å².